The zero-order valence-electron chi connectivity index (χ0n) is 14.2. The van der Waals surface area contributed by atoms with Gasteiger partial charge in [0.05, 0.1) is 5.75 Å². The first-order valence-electron chi connectivity index (χ1n) is 8.02. The molecule has 0 saturated carbocycles. The van der Waals surface area contributed by atoms with Crippen LogP contribution in [0.2, 0.25) is 0 Å². The molecule has 1 aromatic carbocycles. The fourth-order valence-electron chi connectivity index (χ4n) is 2.51. The number of anilines is 1. The summed E-state index contributed by atoms with van der Waals surface area (Å²) >= 11 is 3.16. The molecule has 0 aliphatic carbocycles. The summed E-state index contributed by atoms with van der Waals surface area (Å²) in [5.74, 6) is 0.279. The molecule has 0 unspecified atom stereocenters. The third-order valence-corrected chi connectivity index (χ3v) is 5.75. The first kappa shape index (κ1) is 17.7. The predicted octanol–water partition coefficient (Wildman–Crippen LogP) is 3.93. The van der Waals surface area contributed by atoms with Crippen LogP contribution in [0.3, 0.4) is 0 Å². The van der Waals surface area contributed by atoms with Gasteiger partial charge in [-0.3, -0.25) is 4.79 Å². The van der Waals surface area contributed by atoms with Crippen molar-refractivity contribution in [3.05, 3.63) is 58.0 Å². The maximum atomic E-state index is 12.3. The number of rotatable bonds is 7. The fourth-order valence-corrected chi connectivity index (χ4v) is 3.95. The van der Waals surface area contributed by atoms with Crippen molar-refractivity contribution in [1.29, 1.82) is 0 Å². The standard InChI is InChI=1S/C18H20N4OS2/c1-13-5-3-6-14(2)17(13)20-16(23)11-25-18-21-19-12-22(18)9-8-15-7-4-10-24-15/h3-7,10,12H,8-9,11H2,1-2H3,(H,20,23). The van der Waals surface area contributed by atoms with Crippen LogP contribution in [0.1, 0.15) is 16.0 Å². The molecule has 0 radical (unpaired) electrons. The van der Waals surface area contributed by atoms with Crippen molar-refractivity contribution < 1.29 is 4.79 Å². The van der Waals surface area contributed by atoms with E-state index in [9.17, 15) is 4.79 Å². The maximum Gasteiger partial charge on any atom is 0.234 e. The van der Waals surface area contributed by atoms with Crippen LogP contribution >= 0.6 is 23.1 Å². The molecule has 0 aliphatic heterocycles. The number of para-hydroxylation sites is 1. The van der Waals surface area contributed by atoms with E-state index in [1.165, 1.54) is 16.6 Å². The first-order chi connectivity index (χ1) is 12.1. The van der Waals surface area contributed by atoms with Crippen molar-refractivity contribution in [2.75, 3.05) is 11.1 Å². The summed E-state index contributed by atoms with van der Waals surface area (Å²) in [6.45, 7) is 4.81. The molecule has 5 nitrogen and oxygen atoms in total. The van der Waals surface area contributed by atoms with Crippen molar-refractivity contribution >= 4 is 34.7 Å². The molecule has 0 spiro atoms. The van der Waals surface area contributed by atoms with E-state index in [0.29, 0.717) is 5.75 Å². The second kappa shape index (κ2) is 8.31. The molecule has 0 bridgehead atoms. The third kappa shape index (κ3) is 4.70. The highest BCUT2D eigenvalue weighted by Crippen LogP contribution is 2.21. The average molecular weight is 373 g/mol. The van der Waals surface area contributed by atoms with Gasteiger partial charge in [0.25, 0.3) is 0 Å². The number of thioether (sulfide) groups is 1. The molecule has 0 fully saturated rings. The number of aryl methyl sites for hydroxylation is 4. The number of thiophene rings is 1. The quantitative estimate of drug-likeness (QED) is 0.639. The number of hydrogen-bond acceptors (Lipinski definition) is 5. The van der Waals surface area contributed by atoms with Gasteiger partial charge in [0.1, 0.15) is 6.33 Å². The minimum Gasteiger partial charge on any atom is -0.325 e. The minimum absolute atomic E-state index is 0.0322. The lowest BCUT2D eigenvalue weighted by atomic mass is 10.1. The Hall–Kier alpha value is -2.12. The lowest BCUT2D eigenvalue weighted by Gasteiger charge is -2.11. The smallest absolute Gasteiger partial charge is 0.234 e. The van der Waals surface area contributed by atoms with E-state index in [-0.39, 0.29) is 5.91 Å². The summed E-state index contributed by atoms with van der Waals surface area (Å²) in [5.41, 5.74) is 3.03. The van der Waals surface area contributed by atoms with Gasteiger partial charge in [0, 0.05) is 17.1 Å². The van der Waals surface area contributed by atoms with E-state index in [4.69, 9.17) is 0 Å². The number of benzene rings is 1. The van der Waals surface area contributed by atoms with Crippen LogP contribution < -0.4 is 5.32 Å². The zero-order chi connectivity index (χ0) is 17.6. The molecule has 1 N–H and O–H groups in total. The van der Waals surface area contributed by atoms with Gasteiger partial charge in [0.15, 0.2) is 5.16 Å². The predicted molar refractivity (Wildman–Crippen MR) is 103 cm³/mol. The number of aromatic nitrogens is 3. The highest BCUT2D eigenvalue weighted by atomic mass is 32.2. The maximum absolute atomic E-state index is 12.3. The summed E-state index contributed by atoms with van der Waals surface area (Å²) < 4.78 is 2.00. The normalized spacial score (nSPS) is 10.8. The second-order valence-electron chi connectivity index (χ2n) is 5.74. The van der Waals surface area contributed by atoms with Gasteiger partial charge in [0.2, 0.25) is 5.91 Å². The Kier molecular flexibility index (Phi) is 5.88. The van der Waals surface area contributed by atoms with E-state index in [1.807, 2.05) is 36.6 Å². The highest BCUT2D eigenvalue weighted by molar-refractivity contribution is 7.99. The number of hydrogen-bond donors (Lipinski definition) is 1. The molecule has 3 aromatic rings. The summed E-state index contributed by atoms with van der Waals surface area (Å²) in [4.78, 5) is 13.6. The Morgan fingerprint density at radius 3 is 2.76 bits per heavy atom. The highest BCUT2D eigenvalue weighted by Gasteiger charge is 2.11. The molecule has 25 heavy (non-hydrogen) atoms. The molecule has 130 valence electrons. The van der Waals surface area contributed by atoms with Gasteiger partial charge in [-0.15, -0.1) is 21.5 Å². The minimum atomic E-state index is -0.0322. The number of nitrogens with zero attached hydrogens (tertiary/aromatic N) is 3. The van der Waals surface area contributed by atoms with Crippen molar-refractivity contribution in [3.8, 4) is 0 Å². The van der Waals surface area contributed by atoms with Gasteiger partial charge in [-0.2, -0.15) is 0 Å². The lowest BCUT2D eigenvalue weighted by molar-refractivity contribution is -0.113. The van der Waals surface area contributed by atoms with Gasteiger partial charge in [-0.25, -0.2) is 0 Å². The van der Waals surface area contributed by atoms with E-state index < -0.39 is 0 Å². The van der Waals surface area contributed by atoms with E-state index in [1.54, 1.807) is 17.7 Å². The number of carbonyl (C=O) groups is 1. The fraction of sp³-hybridized carbons (Fsp3) is 0.278. The second-order valence-corrected chi connectivity index (χ2v) is 7.71. The molecule has 1 amide bonds. The molecule has 2 aromatic heterocycles. The first-order valence-corrected chi connectivity index (χ1v) is 9.89. The molecular formula is C18H20N4OS2. The molecule has 0 atom stereocenters. The summed E-state index contributed by atoms with van der Waals surface area (Å²) in [7, 11) is 0. The molecule has 0 saturated heterocycles. The summed E-state index contributed by atoms with van der Waals surface area (Å²) in [6, 6.07) is 10.2. The Balaban J connectivity index is 1.55. The van der Waals surface area contributed by atoms with Crippen LogP contribution in [0.25, 0.3) is 0 Å². The third-order valence-electron chi connectivity index (χ3n) is 3.84. The van der Waals surface area contributed by atoms with E-state index in [0.717, 1.165) is 34.9 Å². The largest absolute Gasteiger partial charge is 0.325 e. The Morgan fingerprint density at radius 1 is 1.24 bits per heavy atom. The van der Waals surface area contributed by atoms with Crippen LogP contribution in [-0.4, -0.2) is 26.4 Å². The van der Waals surface area contributed by atoms with Gasteiger partial charge >= 0.3 is 0 Å². The van der Waals surface area contributed by atoms with Gasteiger partial charge in [-0.1, -0.05) is 36.0 Å². The lowest BCUT2D eigenvalue weighted by Crippen LogP contribution is -2.16. The zero-order valence-corrected chi connectivity index (χ0v) is 15.9. The average Bonchev–Trinajstić information content (AvgIpc) is 3.26. The number of amides is 1. The molecule has 0 aliphatic rings. The van der Waals surface area contributed by atoms with Gasteiger partial charge in [-0.05, 0) is 42.8 Å². The van der Waals surface area contributed by atoms with E-state index >= 15 is 0 Å². The number of nitrogens with one attached hydrogen (secondary N) is 1. The van der Waals surface area contributed by atoms with Crippen molar-refractivity contribution in [3.63, 3.8) is 0 Å². The van der Waals surface area contributed by atoms with Gasteiger partial charge < -0.3 is 9.88 Å². The SMILES string of the molecule is Cc1cccc(C)c1NC(=O)CSc1nncn1CCc1cccs1. The molecule has 7 heteroatoms. The molecular weight excluding hydrogens is 352 g/mol. The summed E-state index contributed by atoms with van der Waals surface area (Å²) in [6.07, 6.45) is 2.66. The van der Waals surface area contributed by atoms with Crippen molar-refractivity contribution in [2.45, 2.75) is 32.0 Å². The Morgan fingerprint density at radius 2 is 2.04 bits per heavy atom. The molecule has 2 heterocycles. The monoisotopic (exact) mass is 372 g/mol. The van der Waals surface area contributed by atoms with Crippen LogP contribution in [0.15, 0.2) is 47.2 Å². The van der Waals surface area contributed by atoms with Crippen molar-refractivity contribution in [2.24, 2.45) is 0 Å². The van der Waals surface area contributed by atoms with Crippen LogP contribution in [0, 0.1) is 13.8 Å². The van der Waals surface area contributed by atoms with Crippen LogP contribution in [0.5, 0.6) is 0 Å². The van der Waals surface area contributed by atoms with Crippen LogP contribution in [-0.2, 0) is 17.8 Å². The van der Waals surface area contributed by atoms with Crippen molar-refractivity contribution in [1.82, 2.24) is 14.8 Å². The number of carbonyl (C=O) groups excluding carboxylic acids is 1. The Bertz CT molecular complexity index is 822. The van der Waals surface area contributed by atoms with E-state index in [2.05, 4.69) is 33.0 Å². The van der Waals surface area contributed by atoms with Crippen LogP contribution in [0.4, 0.5) is 5.69 Å². The summed E-state index contributed by atoms with van der Waals surface area (Å²) in [5, 5.41) is 14.0. The Labute approximate surface area is 155 Å². The topological polar surface area (TPSA) is 59.8 Å². The molecule has 3 rings (SSSR count).